The summed E-state index contributed by atoms with van der Waals surface area (Å²) in [7, 11) is 0. The normalized spacial score (nSPS) is 11.4. The summed E-state index contributed by atoms with van der Waals surface area (Å²) in [4.78, 5) is 6.87. The van der Waals surface area contributed by atoms with Gasteiger partial charge in [0.1, 0.15) is 5.82 Å². The third-order valence-electron chi connectivity index (χ3n) is 2.35. The molecule has 0 spiro atoms. The zero-order chi connectivity index (χ0) is 14.8. The summed E-state index contributed by atoms with van der Waals surface area (Å²) in [5.41, 5.74) is -0.183. The lowest BCUT2D eigenvalue weighted by atomic mass is 10.2. The fourth-order valence-electron chi connectivity index (χ4n) is 1.49. The number of benzene rings is 1. The van der Waals surface area contributed by atoms with Gasteiger partial charge in [0.05, 0.1) is 0 Å². The topological polar surface area (TPSA) is 37.8 Å². The highest BCUT2D eigenvalue weighted by Gasteiger charge is 2.33. The third-order valence-corrected chi connectivity index (χ3v) is 3.01. The monoisotopic (exact) mass is 365 g/mol. The molecule has 0 saturated heterocycles. The molecule has 8 heteroatoms. The molecule has 1 heterocycles. The number of hydrogen-bond acceptors (Lipinski definition) is 3. The summed E-state index contributed by atoms with van der Waals surface area (Å²) in [6.45, 7) is 0.323. The molecule has 1 aromatic carbocycles. The second kappa shape index (κ2) is 5.97. The Balaban J connectivity index is 2.16. The molecule has 3 nitrogen and oxygen atoms in total. The van der Waals surface area contributed by atoms with E-state index in [2.05, 4.69) is 31.2 Å². The van der Waals surface area contributed by atoms with Gasteiger partial charge in [-0.05, 0) is 29.3 Å². The van der Waals surface area contributed by atoms with Crippen LogP contribution in [0.25, 0.3) is 0 Å². The second-order valence-electron chi connectivity index (χ2n) is 3.89. The number of anilines is 1. The van der Waals surface area contributed by atoms with Gasteiger partial charge in [0.25, 0.3) is 0 Å². The fourth-order valence-corrected chi connectivity index (χ4v) is 2.12. The van der Waals surface area contributed by atoms with E-state index >= 15 is 0 Å². The molecule has 0 aliphatic heterocycles. The number of nitrogens with one attached hydrogen (secondary N) is 1. The zero-order valence-corrected chi connectivity index (χ0v) is 12.2. The van der Waals surface area contributed by atoms with Crippen molar-refractivity contribution in [3.63, 3.8) is 0 Å². The first-order valence-corrected chi connectivity index (χ1v) is 6.62. The van der Waals surface area contributed by atoms with Gasteiger partial charge in [0.2, 0.25) is 5.28 Å². The lowest BCUT2D eigenvalue weighted by molar-refractivity contribution is -0.141. The van der Waals surface area contributed by atoms with Crippen LogP contribution in [0.2, 0.25) is 5.28 Å². The number of rotatable bonds is 3. The molecule has 106 valence electrons. The van der Waals surface area contributed by atoms with Crippen molar-refractivity contribution in [2.24, 2.45) is 0 Å². The number of nitrogens with zero attached hydrogens (tertiary/aromatic N) is 2. The Labute approximate surface area is 126 Å². The Hall–Kier alpha value is -1.34. The van der Waals surface area contributed by atoms with E-state index in [1.54, 1.807) is 0 Å². The van der Waals surface area contributed by atoms with Crippen molar-refractivity contribution in [3.05, 3.63) is 51.3 Å². The van der Waals surface area contributed by atoms with Crippen LogP contribution in [-0.2, 0) is 12.7 Å². The predicted molar refractivity (Wildman–Crippen MR) is 73.5 cm³/mol. The molecule has 0 atom stereocenters. The van der Waals surface area contributed by atoms with Crippen molar-refractivity contribution < 1.29 is 13.2 Å². The summed E-state index contributed by atoms with van der Waals surface area (Å²) >= 11 is 8.81. The molecule has 0 aliphatic rings. The van der Waals surface area contributed by atoms with Crippen molar-refractivity contribution in [1.82, 2.24) is 9.97 Å². The lowest BCUT2D eigenvalue weighted by Crippen LogP contribution is -2.11. The van der Waals surface area contributed by atoms with Crippen molar-refractivity contribution in [2.75, 3.05) is 5.32 Å². The average Bonchev–Trinajstić information content (AvgIpc) is 2.35. The van der Waals surface area contributed by atoms with E-state index in [4.69, 9.17) is 11.6 Å². The fraction of sp³-hybridized carbons (Fsp3) is 0.167. The molecular formula is C12H8BrClF3N3. The van der Waals surface area contributed by atoms with Gasteiger partial charge in [0.15, 0.2) is 5.69 Å². The number of halogens is 5. The molecule has 2 rings (SSSR count). The van der Waals surface area contributed by atoms with E-state index < -0.39 is 17.2 Å². The first-order valence-electron chi connectivity index (χ1n) is 5.45. The predicted octanol–water partition coefficient (Wildman–Crippen LogP) is 4.52. The molecule has 2 aromatic rings. The Morgan fingerprint density at radius 2 is 1.95 bits per heavy atom. The zero-order valence-electron chi connectivity index (χ0n) is 9.88. The van der Waals surface area contributed by atoms with E-state index in [0.29, 0.717) is 6.54 Å². The summed E-state index contributed by atoms with van der Waals surface area (Å²) in [6, 6.07) is 8.19. The Morgan fingerprint density at radius 3 is 2.60 bits per heavy atom. The van der Waals surface area contributed by atoms with Crippen LogP contribution < -0.4 is 5.32 Å². The molecule has 1 N–H and O–H groups in total. The smallest absolute Gasteiger partial charge is 0.366 e. The van der Waals surface area contributed by atoms with Gasteiger partial charge in [-0.15, -0.1) is 0 Å². The quantitative estimate of drug-likeness (QED) is 0.812. The van der Waals surface area contributed by atoms with E-state index in [1.165, 1.54) is 0 Å². The minimum absolute atomic E-state index is 0.0253. The van der Waals surface area contributed by atoms with Crippen LogP contribution in [-0.4, -0.2) is 9.97 Å². The van der Waals surface area contributed by atoms with E-state index in [-0.39, 0.29) is 5.82 Å². The van der Waals surface area contributed by atoms with E-state index in [9.17, 15) is 13.2 Å². The van der Waals surface area contributed by atoms with Gasteiger partial charge in [-0.1, -0.05) is 28.1 Å². The molecule has 0 bridgehead atoms. The van der Waals surface area contributed by atoms with Crippen LogP contribution in [0, 0.1) is 0 Å². The minimum atomic E-state index is -4.56. The van der Waals surface area contributed by atoms with Crippen molar-refractivity contribution in [3.8, 4) is 0 Å². The average molecular weight is 367 g/mol. The Bertz CT molecular complexity index is 619. The largest absolute Gasteiger partial charge is 0.433 e. The molecule has 0 saturated carbocycles. The maximum atomic E-state index is 12.6. The number of aromatic nitrogens is 2. The first-order chi connectivity index (χ1) is 9.34. The Kier molecular flexibility index (Phi) is 4.49. The van der Waals surface area contributed by atoms with Crippen LogP contribution in [0.1, 0.15) is 11.3 Å². The second-order valence-corrected chi connectivity index (χ2v) is 5.14. The van der Waals surface area contributed by atoms with Gasteiger partial charge in [-0.25, -0.2) is 9.97 Å². The molecule has 0 aliphatic carbocycles. The van der Waals surface area contributed by atoms with E-state index in [1.807, 2.05) is 24.3 Å². The van der Waals surface area contributed by atoms with Gasteiger partial charge in [-0.2, -0.15) is 13.2 Å². The lowest BCUT2D eigenvalue weighted by Gasteiger charge is -2.10. The standard InChI is InChI=1S/C12H8BrClF3N3/c13-8-3-1-2-7(4-8)6-18-10-5-9(12(15,16)17)19-11(14)20-10/h1-5H,6H2,(H,18,19,20). The van der Waals surface area contributed by atoms with Crippen molar-refractivity contribution in [2.45, 2.75) is 12.7 Å². The SMILES string of the molecule is FC(F)(F)c1cc(NCc2cccc(Br)c2)nc(Cl)n1. The molecule has 0 fully saturated rings. The summed E-state index contributed by atoms with van der Waals surface area (Å²) in [5.74, 6) is 0.0253. The highest BCUT2D eigenvalue weighted by Crippen LogP contribution is 2.29. The van der Waals surface area contributed by atoms with Crippen molar-refractivity contribution >= 4 is 33.3 Å². The summed E-state index contributed by atoms with van der Waals surface area (Å²) in [6.07, 6.45) is -4.56. The van der Waals surface area contributed by atoms with Crippen molar-refractivity contribution in [1.29, 1.82) is 0 Å². The summed E-state index contributed by atoms with van der Waals surface area (Å²) < 4.78 is 38.6. The van der Waals surface area contributed by atoms with Crippen LogP contribution >= 0.6 is 27.5 Å². The third kappa shape index (κ3) is 4.08. The minimum Gasteiger partial charge on any atom is -0.366 e. The van der Waals surface area contributed by atoms with Crippen LogP contribution in [0.3, 0.4) is 0 Å². The molecule has 0 unspecified atom stereocenters. The number of alkyl halides is 3. The highest BCUT2D eigenvalue weighted by atomic mass is 79.9. The van der Waals surface area contributed by atoms with Crippen LogP contribution in [0.15, 0.2) is 34.8 Å². The summed E-state index contributed by atoms with van der Waals surface area (Å²) in [5, 5.41) is 2.34. The van der Waals surface area contributed by atoms with Crippen LogP contribution in [0.4, 0.5) is 19.0 Å². The highest BCUT2D eigenvalue weighted by molar-refractivity contribution is 9.10. The maximum Gasteiger partial charge on any atom is 0.433 e. The van der Waals surface area contributed by atoms with Gasteiger partial charge in [-0.3, -0.25) is 0 Å². The molecule has 20 heavy (non-hydrogen) atoms. The molecule has 1 aromatic heterocycles. The van der Waals surface area contributed by atoms with Gasteiger partial charge in [0, 0.05) is 17.1 Å². The molecular weight excluding hydrogens is 359 g/mol. The Morgan fingerprint density at radius 1 is 1.20 bits per heavy atom. The first kappa shape index (κ1) is 15.1. The van der Waals surface area contributed by atoms with E-state index in [0.717, 1.165) is 16.1 Å². The number of hydrogen-bond donors (Lipinski definition) is 1. The van der Waals surface area contributed by atoms with Gasteiger partial charge >= 0.3 is 6.18 Å². The maximum absolute atomic E-state index is 12.6. The molecule has 0 amide bonds. The van der Waals surface area contributed by atoms with Crippen LogP contribution in [0.5, 0.6) is 0 Å². The van der Waals surface area contributed by atoms with Gasteiger partial charge < -0.3 is 5.32 Å². The molecule has 0 radical (unpaired) electrons.